The maximum atomic E-state index is 6.16. The second kappa shape index (κ2) is 9.58. The first kappa shape index (κ1) is 18.7. The van der Waals surface area contributed by atoms with Crippen LogP contribution in [0.1, 0.15) is 25.3 Å². The molecule has 3 aromatic rings. The third kappa shape index (κ3) is 4.76. The number of hydrogen-bond acceptors (Lipinski definition) is 3. The van der Waals surface area contributed by atoms with E-state index >= 15 is 0 Å². The zero-order valence-corrected chi connectivity index (χ0v) is 15.9. The molecule has 0 aliphatic rings. The summed E-state index contributed by atoms with van der Waals surface area (Å²) >= 11 is 0. The molecule has 0 saturated carbocycles. The van der Waals surface area contributed by atoms with Crippen LogP contribution in [0.25, 0.3) is 11.1 Å². The molecule has 0 aliphatic carbocycles. The predicted octanol–water partition coefficient (Wildman–Crippen LogP) is 6.29. The number of unbranched alkanes of at least 4 members (excludes halogenated alkanes) is 1. The smallest absolute Gasteiger partial charge is 0.152 e. The minimum absolute atomic E-state index is 0.678. The summed E-state index contributed by atoms with van der Waals surface area (Å²) < 4.78 is 11.6. The highest BCUT2D eigenvalue weighted by Gasteiger charge is 2.11. The molecule has 0 N–H and O–H groups in total. The van der Waals surface area contributed by atoms with E-state index in [1.54, 1.807) is 7.11 Å². The van der Waals surface area contributed by atoms with Gasteiger partial charge in [-0.1, -0.05) is 67.9 Å². The third-order valence-electron chi connectivity index (χ3n) is 4.30. The van der Waals surface area contributed by atoms with Crippen molar-refractivity contribution in [2.45, 2.75) is 19.8 Å². The van der Waals surface area contributed by atoms with Crippen LogP contribution in [0, 0.1) is 0 Å². The van der Waals surface area contributed by atoms with Crippen LogP contribution in [0.4, 0.5) is 5.69 Å². The van der Waals surface area contributed by atoms with Gasteiger partial charge < -0.3 is 9.47 Å². The SMILES string of the molecule is CCCCOc1c(N=Cc2ccccc2OC)cccc1-c1ccccc1. The predicted molar refractivity (Wildman–Crippen MR) is 113 cm³/mol. The van der Waals surface area contributed by atoms with Gasteiger partial charge in [0.25, 0.3) is 0 Å². The lowest BCUT2D eigenvalue weighted by atomic mass is 10.0. The fourth-order valence-corrected chi connectivity index (χ4v) is 2.85. The average molecular weight is 359 g/mol. The van der Waals surface area contributed by atoms with E-state index in [4.69, 9.17) is 14.5 Å². The van der Waals surface area contributed by atoms with E-state index in [2.05, 4.69) is 25.1 Å². The Labute approximate surface area is 161 Å². The van der Waals surface area contributed by atoms with Crippen molar-refractivity contribution in [1.29, 1.82) is 0 Å². The number of methoxy groups -OCH3 is 1. The second-order valence-corrected chi connectivity index (χ2v) is 6.22. The monoisotopic (exact) mass is 359 g/mol. The molecular formula is C24H25NO2. The number of ether oxygens (including phenoxy) is 2. The summed E-state index contributed by atoms with van der Waals surface area (Å²) in [4.78, 5) is 4.72. The maximum Gasteiger partial charge on any atom is 0.152 e. The zero-order chi connectivity index (χ0) is 18.9. The van der Waals surface area contributed by atoms with E-state index in [0.29, 0.717) is 6.61 Å². The quantitative estimate of drug-likeness (QED) is 0.349. The fourth-order valence-electron chi connectivity index (χ4n) is 2.85. The Morgan fingerprint density at radius 2 is 1.67 bits per heavy atom. The van der Waals surface area contributed by atoms with Gasteiger partial charge in [-0.2, -0.15) is 0 Å². The largest absolute Gasteiger partial charge is 0.496 e. The number of para-hydroxylation sites is 2. The Kier molecular flexibility index (Phi) is 6.64. The van der Waals surface area contributed by atoms with Gasteiger partial charge in [0, 0.05) is 17.3 Å². The van der Waals surface area contributed by atoms with Gasteiger partial charge in [-0.15, -0.1) is 0 Å². The highest BCUT2D eigenvalue weighted by molar-refractivity contribution is 5.87. The summed E-state index contributed by atoms with van der Waals surface area (Å²) in [5.41, 5.74) is 3.93. The van der Waals surface area contributed by atoms with Gasteiger partial charge in [-0.3, -0.25) is 4.99 Å². The number of hydrogen-bond donors (Lipinski definition) is 0. The van der Waals surface area contributed by atoms with Crippen LogP contribution < -0.4 is 9.47 Å². The molecule has 0 heterocycles. The Hall–Kier alpha value is -3.07. The minimum atomic E-state index is 0.678. The first-order chi connectivity index (χ1) is 13.3. The standard InChI is InChI=1S/C24H25NO2/c1-3-4-17-27-24-21(19-11-6-5-7-12-19)14-10-15-22(24)25-18-20-13-8-9-16-23(20)26-2/h5-16,18H,3-4,17H2,1-2H3. The topological polar surface area (TPSA) is 30.8 Å². The van der Waals surface area contributed by atoms with E-state index in [-0.39, 0.29) is 0 Å². The molecule has 0 aliphatic heterocycles. The molecule has 3 aromatic carbocycles. The van der Waals surface area contributed by atoms with E-state index in [9.17, 15) is 0 Å². The van der Waals surface area contributed by atoms with E-state index < -0.39 is 0 Å². The second-order valence-electron chi connectivity index (χ2n) is 6.22. The van der Waals surface area contributed by atoms with Crippen LogP contribution in [0.3, 0.4) is 0 Å². The molecule has 0 bridgehead atoms. The summed E-state index contributed by atoms with van der Waals surface area (Å²) in [6, 6.07) is 24.2. The molecule has 0 saturated heterocycles. The van der Waals surface area contributed by atoms with Gasteiger partial charge in [0.1, 0.15) is 11.4 Å². The molecule has 0 fully saturated rings. The summed E-state index contributed by atoms with van der Waals surface area (Å²) in [6.45, 7) is 2.84. The Morgan fingerprint density at radius 3 is 2.44 bits per heavy atom. The molecule has 3 heteroatoms. The lowest BCUT2D eigenvalue weighted by Gasteiger charge is -2.14. The van der Waals surface area contributed by atoms with Crippen LogP contribution in [0.15, 0.2) is 77.8 Å². The van der Waals surface area contributed by atoms with E-state index in [1.165, 1.54) is 0 Å². The van der Waals surface area contributed by atoms with Crippen molar-refractivity contribution in [1.82, 2.24) is 0 Å². The number of rotatable bonds is 8. The molecule has 0 amide bonds. The molecule has 27 heavy (non-hydrogen) atoms. The van der Waals surface area contributed by atoms with E-state index in [1.807, 2.05) is 60.8 Å². The van der Waals surface area contributed by atoms with Crippen molar-refractivity contribution < 1.29 is 9.47 Å². The Morgan fingerprint density at radius 1 is 0.889 bits per heavy atom. The molecule has 3 rings (SSSR count). The van der Waals surface area contributed by atoms with Gasteiger partial charge in [-0.25, -0.2) is 0 Å². The highest BCUT2D eigenvalue weighted by atomic mass is 16.5. The van der Waals surface area contributed by atoms with Gasteiger partial charge in [0.2, 0.25) is 0 Å². The van der Waals surface area contributed by atoms with Crippen molar-refractivity contribution in [3.05, 3.63) is 78.4 Å². The number of aliphatic imine (C=N–C) groups is 1. The highest BCUT2D eigenvalue weighted by Crippen LogP contribution is 2.38. The summed E-state index contributed by atoms with van der Waals surface area (Å²) in [5.74, 6) is 1.62. The van der Waals surface area contributed by atoms with Crippen molar-refractivity contribution in [3.63, 3.8) is 0 Å². The molecular weight excluding hydrogens is 334 g/mol. The fraction of sp³-hybridized carbons (Fsp3) is 0.208. The summed E-state index contributed by atoms with van der Waals surface area (Å²) in [6.07, 6.45) is 3.93. The maximum absolute atomic E-state index is 6.16. The van der Waals surface area contributed by atoms with Gasteiger partial charge in [-0.05, 0) is 30.2 Å². The first-order valence-electron chi connectivity index (χ1n) is 9.31. The normalized spacial score (nSPS) is 10.9. The van der Waals surface area contributed by atoms with Crippen LogP contribution in [-0.4, -0.2) is 19.9 Å². The molecule has 0 unspecified atom stereocenters. The average Bonchev–Trinajstić information content (AvgIpc) is 2.73. The van der Waals surface area contributed by atoms with Crippen molar-refractivity contribution in [2.24, 2.45) is 4.99 Å². The van der Waals surface area contributed by atoms with Crippen molar-refractivity contribution in [3.8, 4) is 22.6 Å². The van der Waals surface area contributed by atoms with Crippen LogP contribution in [-0.2, 0) is 0 Å². The van der Waals surface area contributed by atoms with Gasteiger partial charge in [0.05, 0.1) is 13.7 Å². The summed E-state index contributed by atoms with van der Waals surface area (Å²) in [5, 5.41) is 0. The van der Waals surface area contributed by atoms with Crippen LogP contribution in [0.2, 0.25) is 0 Å². The number of nitrogens with zero attached hydrogens (tertiary/aromatic N) is 1. The first-order valence-corrected chi connectivity index (χ1v) is 9.31. The molecule has 3 nitrogen and oxygen atoms in total. The van der Waals surface area contributed by atoms with Crippen molar-refractivity contribution in [2.75, 3.05) is 13.7 Å². The van der Waals surface area contributed by atoms with Crippen LogP contribution in [0.5, 0.6) is 11.5 Å². The zero-order valence-electron chi connectivity index (χ0n) is 15.9. The number of benzene rings is 3. The lowest BCUT2D eigenvalue weighted by Crippen LogP contribution is -1.99. The van der Waals surface area contributed by atoms with Crippen molar-refractivity contribution >= 4 is 11.9 Å². The molecule has 0 aromatic heterocycles. The van der Waals surface area contributed by atoms with E-state index in [0.717, 1.165) is 46.7 Å². The third-order valence-corrected chi connectivity index (χ3v) is 4.30. The lowest BCUT2D eigenvalue weighted by molar-refractivity contribution is 0.312. The summed E-state index contributed by atoms with van der Waals surface area (Å²) in [7, 11) is 1.67. The Bertz CT molecular complexity index is 888. The van der Waals surface area contributed by atoms with Crippen LogP contribution >= 0.6 is 0 Å². The molecule has 0 atom stereocenters. The van der Waals surface area contributed by atoms with Gasteiger partial charge in [0.15, 0.2) is 5.75 Å². The minimum Gasteiger partial charge on any atom is -0.496 e. The molecule has 0 radical (unpaired) electrons. The van der Waals surface area contributed by atoms with Gasteiger partial charge >= 0.3 is 0 Å². The Balaban J connectivity index is 1.99. The molecule has 138 valence electrons. The molecule has 0 spiro atoms.